The molecule has 0 radical (unpaired) electrons. The standard InChI is InChI=1S/C17H21F2NO2/c1-11(2)16-7-3-9-20(16)13(6-8-16)12-4-5-14-15(10-12)22-17(18,19)21-14/h4-5,10-11,13H,3,6-9H2,1-2H3. The Kier molecular flexibility index (Phi) is 2.96. The molecule has 0 bridgehead atoms. The van der Waals surface area contributed by atoms with Gasteiger partial charge in [0.05, 0.1) is 0 Å². The molecular weight excluding hydrogens is 288 g/mol. The van der Waals surface area contributed by atoms with Crippen molar-refractivity contribution in [1.82, 2.24) is 4.90 Å². The molecule has 3 heterocycles. The highest BCUT2D eigenvalue weighted by molar-refractivity contribution is 5.46. The van der Waals surface area contributed by atoms with Crippen LogP contribution in [0.1, 0.15) is 51.1 Å². The SMILES string of the molecule is CC(C)C12CCCN1C(c1ccc3c(c1)OC(F)(F)O3)CC2. The number of ether oxygens (including phenoxy) is 2. The Morgan fingerprint density at radius 2 is 1.95 bits per heavy atom. The Hall–Kier alpha value is -1.36. The molecule has 22 heavy (non-hydrogen) atoms. The molecule has 120 valence electrons. The molecule has 4 rings (SSSR count). The largest absolute Gasteiger partial charge is 0.586 e. The minimum absolute atomic E-state index is 0.128. The fraction of sp³-hybridized carbons (Fsp3) is 0.647. The Bertz CT molecular complexity index is 604. The van der Waals surface area contributed by atoms with Crippen LogP contribution in [0.5, 0.6) is 11.5 Å². The Balaban J connectivity index is 1.65. The summed E-state index contributed by atoms with van der Waals surface area (Å²) in [7, 11) is 0. The normalized spacial score (nSPS) is 32.7. The molecule has 1 aromatic rings. The maximum Gasteiger partial charge on any atom is 0.586 e. The minimum atomic E-state index is -3.54. The van der Waals surface area contributed by atoms with Crippen molar-refractivity contribution in [2.75, 3.05) is 6.54 Å². The first kappa shape index (κ1) is 14.2. The first-order valence-corrected chi connectivity index (χ1v) is 8.08. The van der Waals surface area contributed by atoms with Gasteiger partial charge in [0, 0.05) is 11.6 Å². The first-order chi connectivity index (χ1) is 10.4. The fourth-order valence-electron chi connectivity index (χ4n) is 4.63. The zero-order valence-corrected chi connectivity index (χ0v) is 12.9. The molecule has 5 heteroatoms. The highest BCUT2D eigenvalue weighted by Crippen LogP contribution is 2.53. The first-order valence-electron chi connectivity index (χ1n) is 8.08. The van der Waals surface area contributed by atoms with Crippen molar-refractivity contribution < 1.29 is 18.3 Å². The van der Waals surface area contributed by atoms with Gasteiger partial charge in [0.1, 0.15) is 0 Å². The average Bonchev–Trinajstić information content (AvgIpc) is 3.06. The molecule has 0 N–H and O–H groups in total. The third kappa shape index (κ3) is 1.94. The van der Waals surface area contributed by atoms with Crippen LogP contribution in [0.3, 0.4) is 0 Å². The lowest BCUT2D eigenvalue weighted by Crippen LogP contribution is -2.43. The zero-order valence-electron chi connectivity index (χ0n) is 12.9. The van der Waals surface area contributed by atoms with E-state index in [1.54, 1.807) is 12.1 Å². The van der Waals surface area contributed by atoms with Gasteiger partial charge >= 0.3 is 6.29 Å². The number of hydrogen-bond acceptors (Lipinski definition) is 3. The second-order valence-corrected chi connectivity index (χ2v) is 6.98. The topological polar surface area (TPSA) is 21.7 Å². The van der Waals surface area contributed by atoms with E-state index in [2.05, 4.69) is 28.2 Å². The third-order valence-electron chi connectivity index (χ3n) is 5.69. The predicted octanol–water partition coefficient (Wildman–Crippen LogP) is 4.33. The lowest BCUT2D eigenvalue weighted by atomic mass is 9.83. The lowest BCUT2D eigenvalue weighted by Gasteiger charge is -2.38. The van der Waals surface area contributed by atoms with Crippen molar-refractivity contribution >= 4 is 0 Å². The van der Waals surface area contributed by atoms with Crippen molar-refractivity contribution in [1.29, 1.82) is 0 Å². The van der Waals surface area contributed by atoms with Crippen LogP contribution in [0.4, 0.5) is 8.78 Å². The highest BCUT2D eigenvalue weighted by Gasteiger charge is 2.51. The summed E-state index contributed by atoms with van der Waals surface area (Å²) < 4.78 is 35.4. The Morgan fingerprint density at radius 3 is 2.73 bits per heavy atom. The van der Waals surface area contributed by atoms with Gasteiger partial charge in [-0.2, -0.15) is 0 Å². The van der Waals surface area contributed by atoms with Gasteiger partial charge in [0.2, 0.25) is 0 Å². The molecule has 2 fully saturated rings. The molecule has 1 aromatic carbocycles. The van der Waals surface area contributed by atoms with E-state index in [4.69, 9.17) is 0 Å². The summed E-state index contributed by atoms with van der Waals surface area (Å²) in [5.41, 5.74) is 1.34. The van der Waals surface area contributed by atoms with Crippen molar-refractivity contribution in [2.24, 2.45) is 5.92 Å². The summed E-state index contributed by atoms with van der Waals surface area (Å²) in [6.07, 6.45) is 1.18. The van der Waals surface area contributed by atoms with E-state index in [0.29, 0.717) is 12.0 Å². The second-order valence-electron chi connectivity index (χ2n) is 6.98. The number of halogens is 2. The Morgan fingerprint density at radius 1 is 1.18 bits per heavy atom. The molecule has 0 aromatic heterocycles. The van der Waals surface area contributed by atoms with Crippen molar-refractivity contribution in [3.05, 3.63) is 23.8 Å². The van der Waals surface area contributed by atoms with E-state index in [9.17, 15) is 8.78 Å². The van der Waals surface area contributed by atoms with Crippen LogP contribution in [0, 0.1) is 5.92 Å². The summed E-state index contributed by atoms with van der Waals surface area (Å²) in [6, 6.07) is 5.54. The maximum absolute atomic E-state index is 13.2. The molecule has 2 saturated heterocycles. The molecular formula is C17H21F2NO2. The van der Waals surface area contributed by atoms with Gasteiger partial charge < -0.3 is 9.47 Å². The number of nitrogens with zero attached hydrogens (tertiary/aromatic N) is 1. The van der Waals surface area contributed by atoms with Crippen LogP contribution in [-0.4, -0.2) is 23.3 Å². The summed E-state index contributed by atoms with van der Waals surface area (Å²) in [5, 5.41) is 0. The number of alkyl halides is 2. The average molecular weight is 309 g/mol. The van der Waals surface area contributed by atoms with Gasteiger partial charge in [0.15, 0.2) is 11.5 Å². The van der Waals surface area contributed by atoms with Crippen LogP contribution < -0.4 is 9.47 Å². The van der Waals surface area contributed by atoms with Crippen LogP contribution in [-0.2, 0) is 0 Å². The summed E-state index contributed by atoms with van der Waals surface area (Å²) in [5.74, 6) is 0.894. The van der Waals surface area contributed by atoms with E-state index < -0.39 is 6.29 Å². The van der Waals surface area contributed by atoms with E-state index in [1.165, 1.54) is 19.3 Å². The summed E-state index contributed by atoms with van der Waals surface area (Å²) >= 11 is 0. The number of benzene rings is 1. The van der Waals surface area contributed by atoms with Gasteiger partial charge in [0.25, 0.3) is 0 Å². The van der Waals surface area contributed by atoms with Crippen LogP contribution in [0.15, 0.2) is 18.2 Å². The molecule has 0 aliphatic carbocycles. The fourth-order valence-corrected chi connectivity index (χ4v) is 4.63. The van der Waals surface area contributed by atoms with Gasteiger partial charge in [-0.25, -0.2) is 0 Å². The lowest BCUT2D eigenvalue weighted by molar-refractivity contribution is -0.286. The summed E-state index contributed by atoms with van der Waals surface area (Å²) in [4.78, 5) is 2.59. The van der Waals surface area contributed by atoms with E-state index in [1.807, 2.05) is 6.07 Å². The quantitative estimate of drug-likeness (QED) is 0.811. The molecule has 2 unspecified atom stereocenters. The van der Waals surface area contributed by atoms with Gasteiger partial charge in [-0.3, -0.25) is 4.90 Å². The van der Waals surface area contributed by atoms with Crippen LogP contribution >= 0.6 is 0 Å². The monoisotopic (exact) mass is 309 g/mol. The van der Waals surface area contributed by atoms with Crippen molar-refractivity contribution in [3.63, 3.8) is 0 Å². The minimum Gasteiger partial charge on any atom is -0.395 e. The number of hydrogen-bond donors (Lipinski definition) is 0. The molecule has 3 nitrogen and oxygen atoms in total. The Labute approximate surface area is 129 Å². The van der Waals surface area contributed by atoms with Gasteiger partial charge in [-0.05, 0) is 55.8 Å². The molecule has 0 spiro atoms. The van der Waals surface area contributed by atoms with Crippen LogP contribution in [0.25, 0.3) is 0 Å². The predicted molar refractivity (Wildman–Crippen MR) is 78.1 cm³/mol. The molecule has 0 amide bonds. The maximum atomic E-state index is 13.2. The zero-order chi connectivity index (χ0) is 15.5. The van der Waals surface area contributed by atoms with Gasteiger partial charge in [-0.1, -0.05) is 19.9 Å². The van der Waals surface area contributed by atoms with E-state index >= 15 is 0 Å². The highest BCUT2D eigenvalue weighted by atomic mass is 19.3. The summed E-state index contributed by atoms with van der Waals surface area (Å²) in [6.45, 7) is 5.68. The molecule has 3 aliphatic rings. The van der Waals surface area contributed by atoms with Gasteiger partial charge in [-0.15, -0.1) is 8.78 Å². The second kappa shape index (κ2) is 4.57. The van der Waals surface area contributed by atoms with E-state index in [0.717, 1.165) is 18.5 Å². The van der Waals surface area contributed by atoms with E-state index in [-0.39, 0.29) is 17.0 Å². The van der Waals surface area contributed by atoms with Crippen molar-refractivity contribution in [2.45, 2.75) is 57.4 Å². The van der Waals surface area contributed by atoms with Crippen molar-refractivity contribution in [3.8, 4) is 11.5 Å². The molecule has 0 saturated carbocycles. The number of fused-ring (bicyclic) bond motifs is 2. The smallest absolute Gasteiger partial charge is 0.395 e. The third-order valence-corrected chi connectivity index (χ3v) is 5.69. The molecule has 3 aliphatic heterocycles. The number of rotatable bonds is 2. The molecule has 2 atom stereocenters. The van der Waals surface area contributed by atoms with Crippen LogP contribution in [0.2, 0.25) is 0 Å².